The fraction of sp³-hybridized carbons (Fsp3) is 0.576. The molecule has 0 saturated heterocycles. The Kier molecular flexibility index (Phi) is 5.83. The first kappa shape index (κ1) is 30.8. The van der Waals surface area contributed by atoms with Crippen LogP contribution in [-0.4, -0.2) is 66.5 Å². The van der Waals surface area contributed by atoms with E-state index in [4.69, 9.17) is 0 Å². The van der Waals surface area contributed by atoms with Crippen LogP contribution in [-0.2, 0) is 46.0 Å². The van der Waals surface area contributed by atoms with E-state index in [0.29, 0.717) is 44.5 Å². The predicted octanol–water partition coefficient (Wildman–Crippen LogP) is 3.50. The first-order chi connectivity index (χ1) is 20.7. The standard InChI is InChI=1S/C33H36O12/c1-11-14(4)31-9-30(25(38)39,26(40)41)8-17(31)13(3)18-15(5)32(10-33(32,27(42)43)28(44)45)21-12(2)16(19(11)22(31)20(18)21)7-29(6,23(34)35)24(36)37/h11,14-15,17H,7-10H2,1-6H3,(H,34,35)(H,36,37)(H,38,39)(H,40,41)(H,42,43)(H,44,45). The minimum Gasteiger partial charge on any atom is -0.480 e. The van der Waals surface area contributed by atoms with Gasteiger partial charge in [-0.2, -0.15) is 0 Å². The number of fused-ring (bicyclic) bond motifs is 1. The minimum atomic E-state index is -2.30. The van der Waals surface area contributed by atoms with Gasteiger partial charge >= 0.3 is 35.8 Å². The number of benzene rings is 1. The first-order valence-corrected chi connectivity index (χ1v) is 15.0. The van der Waals surface area contributed by atoms with E-state index in [9.17, 15) is 59.4 Å². The molecule has 6 unspecified atom stereocenters. The fourth-order valence-corrected chi connectivity index (χ4v) is 10.7. The van der Waals surface area contributed by atoms with E-state index in [0.717, 1.165) is 6.92 Å². The van der Waals surface area contributed by atoms with Gasteiger partial charge in [0.15, 0.2) is 16.2 Å². The quantitative estimate of drug-likeness (QED) is 0.229. The lowest BCUT2D eigenvalue weighted by Crippen LogP contribution is -2.42. The second kappa shape index (κ2) is 8.52. The zero-order chi connectivity index (χ0) is 33.7. The summed E-state index contributed by atoms with van der Waals surface area (Å²) in [7, 11) is 0. The maximum absolute atomic E-state index is 12.8. The van der Waals surface area contributed by atoms with Crippen LogP contribution in [0.25, 0.3) is 5.57 Å². The number of rotatable bonds is 8. The highest BCUT2D eigenvalue weighted by molar-refractivity contribution is 6.09. The zero-order valence-corrected chi connectivity index (χ0v) is 25.8. The molecule has 6 atom stereocenters. The molecule has 0 amide bonds. The number of aliphatic carboxylic acids is 6. The Balaban J connectivity index is 1.81. The Labute approximate surface area is 257 Å². The molecule has 5 aliphatic carbocycles. The molecular weight excluding hydrogens is 588 g/mol. The third-order valence-electron chi connectivity index (χ3n) is 13.2. The Morgan fingerprint density at radius 3 is 1.78 bits per heavy atom. The molecule has 0 aliphatic heterocycles. The molecule has 12 heteroatoms. The van der Waals surface area contributed by atoms with Crippen LogP contribution in [0.3, 0.4) is 0 Å². The molecule has 0 bridgehead atoms. The van der Waals surface area contributed by atoms with E-state index in [2.05, 4.69) is 0 Å². The largest absolute Gasteiger partial charge is 0.480 e. The average Bonchev–Trinajstić information content (AvgIpc) is 3.31. The highest BCUT2D eigenvalue weighted by Crippen LogP contribution is 2.81. The van der Waals surface area contributed by atoms with Gasteiger partial charge in [0.25, 0.3) is 0 Å². The van der Waals surface area contributed by atoms with Crippen molar-refractivity contribution in [1.29, 1.82) is 0 Å². The van der Waals surface area contributed by atoms with E-state index in [1.807, 2.05) is 13.8 Å². The molecule has 45 heavy (non-hydrogen) atoms. The summed E-state index contributed by atoms with van der Waals surface area (Å²) in [6.07, 6.45) is -1.23. The van der Waals surface area contributed by atoms with Crippen LogP contribution in [0.2, 0.25) is 0 Å². The van der Waals surface area contributed by atoms with Crippen LogP contribution in [0.1, 0.15) is 93.2 Å². The normalized spacial score (nSPS) is 32.7. The predicted molar refractivity (Wildman–Crippen MR) is 154 cm³/mol. The molecule has 2 fully saturated rings. The van der Waals surface area contributed by atoms with Gasteiger partial charge in [0.1, 0.15) is 0 Å². The van der Waals surface area contributed by atoms with Crippen molar-refractivity contribution in [2.75, 3.05) is 0 Å². The average molecular weight is 625 g/mol. The van der Waals surface area contributed by atoms with Crippen molar-refractivity contribution in [2.45, 2.75) is 84.0 Å². The molecule has 5 aliphatic rings. The summed E-state index contributed by atoms with van der Waals surface area (Å²) < 4.78 is 0. The fourth-order valence-electron chi connectivity index (χ4n) is 10.7. The Morgan fingerprint density at radius 1 is 0.800 bits per heavy atom. The number of carboxylic acids is 6. The molecule has 0 heterocycles. The Bertz CT molecular complexity index is 1710. The summed E-state index contributed by atoms with van der Waals surface area (Å²) in [5.74, 6) is -11.2. The smallest absolute Gasteiger partial charge is 0.322 e. The number of allylic oxidation sites excluding steroid dienone is 2. The third kappa shape index (κ3) is 2.95. The van der Waals surface area contributed by atoms with Crippen molar-refractivity contribution in [3.63, 3.8) is 0 Å². The molecule has 240 valence electrons. The molecule has 6 N–H and O–H groups in total. The summed E-state index contributed by atoms with van der Waals surface area (Å²) in [4.78, 5) is 76.1. The van der Waals surface area contributed by atoms with Gasteiger partial charge in [0.2, 0.25) is 0 Å². The molecule has 1 aromatic carbocycles. The lowest BCUT2D eigenvalue weighted by atomic mass is 9.59. The monoisotopic (exact) mass is 624 g/mol. The second-order valence-corrected chi connectivity index (χ2v) is 14.5. The molecule has 1 aromatic rings. The summed E-state index contributed by atoms with van der Waals surface area (Å²) in [6, 6.07) is 0. The summed E-state index contributed by atoms with van der Waals surface area (Å²) in [5.41, 5.74) is -4.65. The lowest BCUT2D eigenvalue weighted by Gasteiger charge is -2.44. The van der Waals surface area contributed by atoms with Gasteiger partial charge < -0.3 is 30.6 Å². The number of carboxylic acid groups (broad SMARTS) is 6. The highest BCUT2D eigenvalue weighted by Gasteiger charge is 2.84. The number of carbonyl (C=O) groups is 6. The Hall–Kier alpha value is -4.22. The summed E-state index contributed by atoms with van der Waals surface area (Å²) in [6.45, 7) is 10.1. The minimum absolute atomic E-state index is 0.230. The van der Waals surface area contributed by atoms with E-state index in [-0.39, 0.29) is 31.1 Å². The topological polar surface area (TPSA) is 224 Å². The molecule has 6 rings (SSSR count). The van der Waals surface area contributed by atoms with Crippen molar-refractivity contribution in [2.24, 2.45) is 34.0 Å². The van der Waals surface area contributed by atoms with Crippen LogP contribution in [0.4, 0.5) is 0 Å². The van der Waals surface area contributed by atoms with Crippen LogP contribution >= 0.6 is 0 Å². The zero-order valence-electron chi connectivity index (χ0n) is 25.8. The van der Waals surface area contributed by atoms with Crippen molar-refractivity contribution in [3.05, 3.63) is 39.0 Å². The Morgan fingerprint density at radius 2 is 1.33 bits per heavy atom. The van der Waals surface area contributed by atoms with Crippen molar-refractivity contribution < 1.29 is 59.4 Å². The number of hydrogen-bond donors (Lipinski definition) is 6. The third-order valence-corrected chi connectivity index (χ3v) is 13.2. The van der Waals surface area contributed by atoms with Gasteiger partial charge in [-0.05, 0) is 109 Å². The van der Waals surface area contributed by atoms with Gasteiger partial charge in [0, 0.05) is 10.8 Å². The van der Waals surface area contributed by atoms with E-state index in [1.165, 1.54) is 0 Å². The molecule has 0 aromatic heterocycles. The SMILES string of the molecule is CC1=C2c3c4c(c(CC(C)(C(=O)O)C(=O)O)c(C)c3C3(CC3(C(=O)O)C(=O)O)C2C)C(C)C(C)C42CC(C(=O)O)(C(=O)O)CC12. The van der Waals surface area contributed by atoms with E-state index >= 15 is 0 Å². The number of hydrogen-bond acceptors (Lipinski definition) is 6. The van der Waals surface area contributed by atoms with Gasteiger partial charge in [-0.1, -0.05) is 26.3 Å². The van der Waals surface area contributed by atoms with Crippen molar-refractivity contribution in [1.82, 2.24) is 0 Å². The van der Waals surface area contributed by atoms with Gasteiger partial charge in [-0.3, -0.25) is 28.8 Å². The van der Waals surface area contributed by atoms with Gasteiger partial charge in [0.05, 0.1) is 0 Å². The van der Waals surface area contributed by atoms with Gasteiger partial charge in [-0.15, -0.1) is 0 Å². The van der Waals surface area contributed by atoms with Crippen molar-refractivity contribution >= 4 is 41.4 Å². The van der Waals surface area contributed by atoms with E-state index in [1.54, 1.807) is 20.8 Å². The van der Waals surface area contributed by atoms with Crippen LogP contribution < -0.4 is 0 Å². The first-order valence-electron chi connectivity index (χ1n) is 15.0. The molecule has 2 spiro atoms. The summed E-state index contributed by atoms with van der Waals surface area (Å²) >= 11 is 0. The summed E-state index contributed by atoms with van der Waals surface area (Å²) in [5, 5.41) is 61.8. The maximum Gasteiger partial charge on any atom is 0.322 e. The lowest BCUT2D eigenvalue weighted by molar-refractivity contribution is -0.166. The molecular formula is C33H36O12. The highest BCUT2D eigenvalue weighted by atomic mass is 16.4. The maximum atomic E-state index is 12.8. The van der Waals surface area contributed by atoms with Crippen LogP contribution in [0.5, 0.6) is 0 Å². The van der Waals surface area contributed by atoms with Crippen molar-refractivity contribution in [3.8, 4) is 0 Å². The van der Waals surface area contributed by atoms with E-state index < -0.39 is 81.1 Å². The molecule has 0 radical (unpaired) electrons. The second-order valence-electron chi connectivity index (χ2n) is 14.5. The van der Waals surface area contributed by atoms with Gasteiger partial charge in [-0.25, -0.2) is 0 Å². The molecule has 2 saturated carbocycles. The molecule has 12 nitrogen and oxygen atoms in total. The van der Waals surface area contributed by atoms with Crippen LogP contribution in [0.15, 0.2) is 5.57 Å². The van der Waals surface area contributed by atoms with Crippen LogP contribution in [0, 0.1) is 40.9 Å².